The molecule has 7 nitrogen and oxygen atoms in total. The van der Waals surface area contributed by atoms with E-state index in [1.807, 2.05) is 39.0 Å². The van der Waals surface area contributed by atoms with Crippen molar-refractivity contribution in [1.82, 2.24) is 10.4 Å². The molecule has 1 aliphatic rings. The highest BCUT2D eigenvalue weighted by Gasteiger charge is 2.37. The predicted octanol–water partition coefficient (Wildman–Crippen LogP) is 4.19. The average Bonchev–Trinajstić information content (AvgIpc) is 3.39. The molecule has 0 bridgehead atoms. The number of rotatable bonds is 9. The summed E-state index contributed by atoms with van der Waals surface area (Å²) in [5.74, 6) is -0.642. The van der Waals surface area contributed by atoms with Crippen LogP contribution in [0.3, 0.4) is 0 Å². The van der Waals surface area contributed by atoms with E-state index in [1.165, 1.54) is 0 Å². The fraction of sp³-hybridized carbons (Fsp3) is 0.542. The summed E-state index contributed by atoms with van der Waals surface area (Å²) >= 11 is 0. The third kappa shape index (κ3) is 5.73. The molecule has 31 heavy (non-hydrogen) atoms. The van der Waals surface area contributed by atoms with Gasteiger partial charge in [0.2, 0.25) is 18.1 Å². The van der Waals surface area contributed by atoms with E-state index in [-0.39, 0.29) is 24.0 Å². The minimum atomic E-state index is -0.810. The highest BCUT2D eigenvalue weighted by atomic mass is 16.5. The Morgan fingerprint density at radius 2 is 1.94 bits per heavy atom. The number of amides is 2. The van der Waals surface area contributed by atoms with Gasteiger partial charge in [-0.25, -0.2) is 5.06 Å². The summed E-state index contributed by atoms with van der Waals surface area (Å²) in [7, 11) is 0. The minimum Gasteiger partial charge on any atom is -0.453 e. The lowest BCUT2D eigenvalue weighted by Crippen LogP contribution is -2.52. The Balaban J connectivity index is 1.80. The topological polar surface area (TPSA) is 99.9 Å². The van der Waals surface area contributed by atoms with Gasteiger partial charge in [0.25, 0.3) is 0 Å². The number of hydroxylamine groups is 2. The molecule has 1 fully saturated rings. The summed E-state index contributed by atoms with van der Waals surface area (Å²) in [5.41, 5.74) is 0.0542. The normalized spacial score (nSPS) is 16.8. The van der Waals surface area contributed by atoms with E-state index in [9.17, 15) is 19.6 Å². The monoisotopic (exact) mass is 428 g/mol. The first-order valence-corrected chi connectivity index (χ1v) is 10.9. The number of carbonyl (C=O) groups is 3. The summed E-state index contributed by atoms with van der Waals surface area (Å²) in [6.45, 7) is 5.55. The van der Waals surface area contributed by atoms with Crippen molar-refractivity contribution in [1.29, 1.82) is 0 Å². The van der Waals surface area contributed by atoms with Gasteiger partial charge in [-0.15, -0.1) is 0 Å². The number of hydrogen-bond acceptors (Lipinski definition) is 5. The van der Waals surface area contributed by atoms with Crippen molar-refractivity contribution in [2.24, 2.45) is 17.3 Å². The van der Waals surface area contributed by atoms with Crippen molar-refractivity contribution < 1.29 is 24.0 Å². The number of carbonyl (C=O) groups excluding carboxylic acids is 3. The van der Waals surface area contributed by atoms with Crippen LogP contribution in [0.4, 0.5) is 0 Å². The van der Waals surface area contributed by atoms with Crippen LogP contribution in [0.2, 0.25) is 0 Å². The van der Waals surface area contributed by atoms with Crippen LogP contribution in [0.5, 0.6) is 0 Å². The summed E-state index contributed by atoms with van der Waals surface area (Å²) in [5, 5.41) is 13.9. The molecular weight excluding hydrogens is 396 g/mol. The van der Waals surface area contributed by atoms with Crippen LogP contribution in [-0.4, -0.2) is 41.0 Å². The smallest absolute Gasteiger partial charge is 0.233 e. The van der Waals surface area contributed by atoms with Crippen molar-refractivity contribution >= 4 is 29.1 Å². The van der Waals surface area contributed by atoms with E-state index in [1.54, 1.807) is 12.1 Å². The number of nitrogens with one attached hydrogen (secondary N) is 1. The summed E-state index contributed by atoms with van der Waals surface area (Å²) in [6.07, 6.45) is 5.21. The van der Waals surface area contributed by atoms with Gasteiger partial charge in [0.1, 0.15) is 11.6 Å². The lowest BCUT2D eigenvalue weighted by Gasteiger charge is -2.32. The molecule has 168 valence electrons. The minimum absolute atomic E-state index is 0.0957. The number of fused-ring (bicyclic) bond motifs is 1. The van der Waals surface area contributed by atoms with Crippen molar-refractivity contribution in [3.05, 3.63) is 36.1 Å². The molecule has 3 rings (SSSR count). The van der Waals surface area contributed by atoms with Crippen LogP contribution in [0.1, 0.15) is 63.4 Å². The van der Waals surface area contributed by atoms with E-state index in [2.05, 4.69) is 5.32 Å². The Bertz CT molecular complexity index is 890. The number of benzene rings is 1. The predicted molar refractivity (Wildman–Crippen MR) is 117 cm³/mol. The number of ketones is 1. The van der Waals surface area contributed by atoms with Crippen molar-refractivity contribution in [3.63, 3.8) is 0 Å². The van der Waals surface area contributed by atoms with Crippen LogP contribution < -0.4 is 5.32 Å². The second kappa shape index (κ2) is 9.64. The van der Waals surface area contributed by atoms with Gasteiger partial charge < -0.3 is 9.73 Å². The molecule has 2 N–H and O–H groups in total. The van der Waals surface area contributed by atoms with Crippen LogP contribution in [-0.2, 0) is 9.59 Å². The Kier molecular flexibility index (Phi) is 7.15. The van der Waals surface area contributed by atoms with Crippen LogP contribution in [0, 0.1) is 17.3 Å². The average molecular weight is 429 g/mol. The van der Waals surface area contributed by atoms with E-state index in [4.69, 9.17) is 4.42 Å². The summed E-state index contributed by atoms with van der Waals surface area (Å²) in [4.78, 5) is 37.5. The first-order chi connectivity index (χ1) is 14.7. The Morgan fingerprint density at radius 1 is 1.26 bits per heavy atom. The second-order valence-corrected chi connectivity index (χ2v) is 9.63. The zero-order valence-electron chi connectivity index (χ0n) is 18.5. The molecule has 1 aliphatic carbocycles. The largest absolute Gasteiger partial charge is 0.453 e. The van der Waals surface area contributed by atoms with Gasteiger partial charge >= 0.3 is 0 Å². The molecule has 1 heterocycles. The number of furan rings is 1. The number of hydrogen-bond donors (Lipinski definition) is 2. The van der Waals surface area contributed by atoms with Gasteiger partial charge in [-0.2, -0.15) is 0 Å². The van der Waals surface area contributed by atoms with E-state index in [0.717, 1.165) is 31.1 Å². The third-order valence-corrected chi connectivity index (χ3v) is 6.08. The molecule has 0 radical (unpaired) electrons. The summed E-state index contributed by atoms with van der Waals surface area (Å²) in [6, 6.07) is 8.26. The van der Waals surface area contributed by atoms with Crippen molar-refractivity contribution in [2.45, 2.75) is 58.9 Å². The fourth-order valence-corrected chi connectivity index (χ4v) is 4.36. The molecule has 2 aromatic rings. The van der Waals surface area contributed by atoms with E-state index < -0.39 is 17.4 Å². The fourth-order valence-electron chi connectivity index (χ4n) is 4.36. The Hall–Kier alpha value is -2.67. The zero-order valence-corrected chi connectivity index (χ0v) is 18.5. The first-order valence-electron chi connectivity index (χ1n) is 10.9. The Labute approximate surface area is 182 Å². The molecule has 2 amide bonds. The molecule has 0 aliphatic heterocycles. The van der Waals surface area contributed by atoms with Gasteiger partial charge in [-0.05, 0) is 29.9 Å². The molecule has 0 spiro atoms. The molecule has 1 aromatic carbocycles. The van der Waals surface area contributed by atoms with E-state index in [0.29, 0.717) is 29.4 Å². The second-order valence-electron chi connectivity index (χ2n) is 9.63. The quantitative estimate of drug-likeness (QED) is 0.270. The lowest BCUT2D eigenvalue weighted by atomic mass is 9.82. The van der Waals surface area contributed by atoms with Crippen LogP contribution in [0.25, 0.3) is 11.0 Å². The number of Topliss-reactive ketones (excluding diaryl/α,β-unsaturated/α-hetero) is 1. The van der Waals surface area contributed by atoms with E-state index >= 15 is 0 Å². The third-order valence-electron chi connectivity index (χ3n) is 6.08. The molecule has 0 saturated heterocycles. The maximum absolute atomic E-state index is 13.3. The van der Waals surface area contributed by atoms with Gasteiger partial charge in [0.15, 0.2) is 5.76 Å². The van der Waals surface area contributed by atoms with Crippen LogP contribution >= 0.6 is 0 Å². The first kappa shape index (κ1) is 23.0. The van der Waals surface area contributed by atoms with Crippen molar-refractivity contribution in [2.75, 3.05) is 6.54 Å². The van der Waals surface area contributed by atoms with Gasteiger partial charge in [-0.3, -0.25) is 19.6 Å². The SMILES string of the molecule is CC(C)(C)C(NC(=O)C(CC1CCCC1)CN(O)C=O)C(=O)c1cc2ccccc2o1. The zero-order chi connectivity index (χ0) is 22.6. The number of nitrogens with zero attached hydrogens (tertiary/aromatic N) is 1. The molecule has 1 saturated carbocycles. The maximum Gasteiger partial charge on any atom is 0.233 e. The molecule has 1 aromatic heterocycles. The number of para-hydroxylation sites is 1. The molecule has 2 unspecified atom stereocenters. The maximum atomic E-state index is 13.3. The lowest BCUT2D eigenvalue weighted by molar-refractivity contribution is -0.155. The molecular formula is C24H32N2O5. The van der Waals surface area contributed by atoms with Crippen LogP contribution in [0.15, 0.2) is 34.7 Å². The standard InChI is InChI=1S/C24H32N2O5/c1-24(2,3)22(21(28)20-13-17-10-6-7-11-19(17)31-20)25-23(29)18(14-26(30)15-27)12-16-8-4-5-9-16/h6-7,10-11,13,15-16,18,22,30H,4-5,8-9,12,14H2,1-3H3,(H,25,29). The highest BCUT2D eigenvalue weighted by Crippen LogP contribution is 2.31. The molecule has 7 heteroatoms. The van der Waals surface area contributed by atoms with Crippen molar-refractivity contribution in [3.8, 4) is 0 Å². The highest BCUT2D eigenvalue weighted by molar-refractivity contribution is 6.03. The Morgan fingerprint density at radius 3 is 2.55 bits per heavy atom. The van der Waals surface area contributed by atoms with Gasteiger partial charge in [0.05, 0.1) is 12.5 Å². The van der Waals surface area contributed by atoms with Gasteiger partial charge in [-0.1, -0.05) is 64.7 Å². The van der Waals surface area contributed by atoms with Gasteiger partial charge in [0, 0.05) is 5.39 Å². The molecule has 2 atom stereocenters. The summed E-state index contributed by atoms with van der Waals surface area (Å²) < 4.78 is 5.74.